The van der Waals surface area contributed by atoms with Crippen molar-refractivity contribution in [2.45, 2.75) is 18.9 Å². The summed E-state index contributed by atoms with van der Waals surface area (Å²) in [6.45, 7) is 2.61. The molecule has 0 radical (unpaired) electrons. The predicted molar refractivity (Wildman–Crippen MR) is 133 cm³/mol. The molecule has 2 aromatic carbocycles. The first kappa shape index (κ1) is 24.5. The molecule has 35 heavy (non-hydrogen) atoms. The molecule has 2 amide bonds. The third kappa shape index (κ3) is 6.11. The van der Waals surface area contributed by atoms with Gasteiger partial charge in [-0.3, -0.25) is 4.98 Å². The van der Waals surface area contributed by atoms with Crippen LogP contribution in [0.4, 0.5) is 10.5 Å². The molecular formula is C25H26ClN5O4. The lowest BCUT2D eigenvalue weighted by atomic mass is 10.1. The van der Waals surface area contributed by atoms with Crippen molar-refractivity contribution >= 4 is 34.2 Å². The van der Waals surface area contributed by atoms with Gasteiger partial charge in [0.2, 0.25) is 0 Å². The van der Waals surface area contributed by atoms with Crippen molar-refractivity contribution in [1.29, 1.82) is 5.26 Å². The highest BCUT2D eigenvalue weighted by molar-refractivity contribution is 6.33. The molecule has 1 aliphatic rings. The van der Waals surface area contributed by atoms with Gasteiger partial charge in [0, 0.05) is 37.3 Å². The fraction of sp³-hybridized carbons (Fsp3) is 0.320. The number of nitrogens with zero attached hydrogens (tertiary/aromatic N) is 3. The largest absolute Gasteiger partial charge is 0.489 e. The summed E-state index contributed by atoms with van der Waals surface area (Å²) in [5.74, 6) is 1.29. The standard InChI is InChI=1S/C25H26ClN5O4/c1-28-25(33)30-21-5-4-18(11-20(21)26)35-23-6-7-29-22-12-24(16(13-27)10-19(22)23)34-15-17(32)14-31-8-2-3-9-31/h4-7,10-12,17,32H,2-3,8-9,14-15H2,1H3,(H2,28,30,33)/t17-/m1/s1. The Morgan fingerprint density at radius 3 is 2.77 bits per heavy atom. The Morgan fingerprint density at radius 1 is 1.26 bits per heavy atom. The van der Waals surface area contributed by atoms with Crippen LogP contribution in [0.5, 0.6) is 17.2 Å². The molecule has 1 atom stereocenters. The molecule has 2 heterocycles. The molecule has 0 saturated carbocycles. The van der Waals surface area contributed by atoms with Gasteiger partial charge in [-0.2, -0.15) is 5.26 Å². The highest BCUT2D eigenvalue weighted by Crippen LogP contribution is 2.35. The molecule has 1 saturated heterocycles. The van der Waals surface area contributed by atoms with E-state index in [2.05, 4.69) is 26.6 Å². The second kappa shape index (κ2) is 11.2. The Balaban J connectivity index is 1.51. The fourth-order valence-corrected chi connectivity index (χ4v) is 4.14. The molecule has 1 aromatic heterocycles. The van der Waals surface area contributed by atoms with Gasteiger partial charge in [-0.1, -0.05) is 11.6 Å². The normalized spacial score (nSPS) is 14.3. The van der Waals surface area contributed by atoms with Crippen molar-refractivity contribution < 1.29 is 19.4 Å². The van der Waals surface area contributed by atoms with Crippen LogP contribution >= 0.6 is 11.6 Å². The van der Waals surface area contributed by atoms with E-state index in [-0.39, 0.29) is 12.6 Å². The number of rotatable bonds is 8. The fourth-order valence-electron chi connectivity index (χ4n) is 3.92. The first-order chi connectivity index (χ1) is 17.0. The van der Waals surface area contributed by atoms with E-state index in [1.165, 1.54) is 7.05 Å². The monoisotopic (exact) mass is 495 g/mol. The number of aliphatic hydroxyl groups excluding tert-OH is 1. The number of ether oxygens (including phenoxy) is 2. The minimum absolute atomic E-state index is 0.0851. The Bertz CT molecular complexity index is 1260. The smallest absolute Gasteiger partial charge is 0.319 e. The van der Waals surface area contributed by atoms with Crippen LogP contribution in [0.3, 0.4) is 0 Å². The van der Waals surface area contributed by atoms with Gasteiger partial charge in [-0.25, -0.2) is 4.79 Å². The van der Waals surface area contributed by atoms with Crippen molar-refractivity contribution in [3.63, 3.8) is 0 Å². The molecule has 1 fully saturated rings. The van der Waals surface area contributed by atoms with Gasteiger partial charge < -0.3 is 30.1 Å². The molecule has 1 aliphatic heterocycles. The van der Waals surface area contributed by atoms with Crippen LogP contribution in [-0.2, 0) is 0 Å². The van der Waals surface area contributed by atoms with Gasteiger partial charge in [-0.05, 0) is 50.2 Å². The zero-order valence-corrected chi connectivity index (χ0v) is 20.0. The maximum Gasteiger partial charge on any atom is 0.319 e. The first-order valence-corrected chi connectivity index (χ1v) is 11.7. The van der Waals surface area contributed by atoms with Crippen LogP contribution in [0.25, 0.3) is 10.9 Å². The number of likely N-dealkylation sites (tertiary alicyclic amines) is 1. The molecule has 3 N–H and O–H groups in total. The van der Waals surface area contributed by atoms with Gasteiger partial charge in [0.1, 0.15) is 36.0 Å². The maximum absolute atomic E-state index is 11.5. The van der Waals surface area contributed by atoms with E-state index in [1.807, 2.05) is 0 Å². The topological polar surface area (TPSA) is 120 Å². The maximum atomic E-state index is 11.5. The number of β-amino-alcohol motifs (C(OH)–C–C–N with tert-alkyl or cyclic N) is 1. The summed E-state index contributed by atoms with van der Waals surface area (Å²) in [5.41, 5.74) is 1.33. The Kier molecular flexibility index (Phi) is 7.87. The van der Waals surface area contributed by atoms with Crippen molar-refractivity contribution in [2.24, 2.45) is 0 Å². The molecule has 182 valence electrons. The lowest BCUT2D eigenvalue weighted by molar-refractivity contribution is 0.0758. The van der Waals surface area contributed by atoms with Crippen LogP contribution in [0, 0.1) is 11.3 Å². The summed E-state index contributed by atoms with van der Waals surface area (Å²) in [7, 11) is 1.51. The number of hydrogen-bond donors (Lipinski definition) is 3. The van der Waals surface area contributed by atoms with Crippen LogP contribution in [0.15, 0.2) is 42.6 Å². The summed E-state index contributed by atoms with van der Waals surface area (Å²) in [6.07, 6.45) is 3.24. The minimum Gasteiger partial charge on any atom is -0.489 e. The van der Waals surface area contributed by atoms with E-state index in [4.69, 9.17) is 21.1 Å². The molecule has 9 nitrogen and oxygen atoms in total. The number of carbonyl (C=O) groups excluding carboxylic acids is 1. The summed E-state index contributed by atoms with van der Waals surface area (Å²) in [4.78, 5) is 18.1. The molecule has 4 rings (SSSR count). The molecule has 10 heteroatoms. The average molecular weight is 496 g/mol. The van der Waals surface area contributed by atoms with Gasteiger partial charge in [-0.15, -0.1) is 0 Å². The van der Waals surface area contributed by atoms with Crippen molar-refractivity contribution in [1.82, 2.24) is 15.2 Å². The number of aromatic nitrogens is 1. The molecule has 3 aromatic rings. The van der Waals surface area contributed by atoms with Crippen molar-refractivity contribution in [3.8, 4) is 23.3 Å². The van der Waals surface area contributed by atoms with E-state index < -0.39 is 6.10 Å². The Labute approximate surface area is 208 Å². The number of nitriles is 1. The molecule has 0 aliphatic carbocycles. The second-order valence-electron chi connectivity index (χ2n) is 8.21. The predicted octanol–water partition coefficient (Wildman–Crippen LogP) is 4.14. The number of anilines is 1. The number of carbonyl (C=O) groups is 1. The van der Waals surface area contributed by atoms with Gasteiger partial charge >= 0.3 is 6.03 Å². The second-order valence-corrected chi connectivity index (χ2v) is 8.61. The molecule has 0 spiro atoms. The number of fused-ring (bicyclic) bond motifs is 1. The first-order valence-electron chi connectivity index (χ1n) is 11.3. The number of hydrogen-bond acceptors (Lipinski definition) is 7. The lowest BCUT2D eigenvalue weighted by Crippen LogP contribution is -2.33. The van der Waals surface area contributed by atoms with E-state index in [0.717, 1.165) is 25.9 Å². The molecule has 0 bridgehead atoms. The molecule has 0 unspecified atom stereocenters. The van der Waals surface area contributed by atoms with E-state index in [9.17, 15) is 15.2 Å². The SMILES string of the molecule is CNC(=O)Nc1ccc(Oc2ccnc3cc(OC[C@H](O)CN4CCCC4)c(C#N)cc23)cc1Cl. The summed E-state index contributed by atoms with van der Waals surface area (Å²) >= 11 is 6.28. The third-order valence-corrected chi connectivity index (χ3v) is 5.98. The van der Waals surface area contributed by atoms with Crippen LogP contribution in [-0.4, -0.2) is 60.4 Å². The number of benzene rings is 2. The number of pyridine rings is 1. The van der Waals surface area contributed by atoms with Crippen molar-refractivity contribution in [3.05, 3.63) is 53.2 Å². The number of urea groups is 1. The Hall–Kier alpha value is -3.58. The Morgan fingerprint density at radius 2 is 2.06 bits per heavy atom. The molecular weight excluding hydrogens is 470 g/mol. The van der Waals surface area contributed by atoms with Crippen molar-refractivity contribution in [2.75, 3.05) is 38.6 Å². The highest BCUT2D eigenvalue weighted by atomic mass is 35.5. The summed E-state index contributed by atoms with van der Waals surface area (Å²) in [6, 6.07) is 11.7. The van der Waals surface area contributed by atoms with Crippen LogP contribution < -0.4 is 20.1 Å². The zero-order valence-electron chi connectivity index (χ0n) is 19.3. The van der Waals surface area contributed by atoms with Gasteiger partial charge in [0.05, 0.1) is 21.8 Å². The van der Waals surface area contributed by atoms with Gasteiger partial charge in [0.15, 0.2) is 0 Å². The lowest BCUT2D eigenvalue weighted by Gasteiger charge is -2.20. The minimum atomic E-state index is -0.649. The van der Waals surface area contributed by atoms with Crippen LogP contribution in [0.2, 0.25) is 5.02 Å². The quantitative estimate of drug-likeness (QED) is 0.429. The third-order valence-electron chi connectivity index (χ3n) is 5.67. The van der Waals surface area contributed by atoms with E-state index in [0.29, 0.717) is 51.0 Å². The van der Waals surface area contributed by atoms with E-state index >= 15 is 0 Å². The number of nitrogens with one attached hydrogen (secondary N) is 2. The number of amides is 2. The average Bonchev–Trinajstić information content (AvgIpc) is 3.37. The van der Waals surface area contributed by atoms with Gasteiger partial charge in [0.25, 0.3) is 0 Å². The number of aliphatic hydroxyl groups is 1. The number of halogens is 1. The summed E-state index contributed by atoms with van der Waals surface area (Å²) < 4.78 is 11.8. The van der Waals surface area contributed by atoms with E-state index in [1.54, 1.807) is 42.6 Å². The highest BCUT2D eigenvalue weighted by Gasteiger charge is 2.18. The zero-order chi connectivity index (χ0) is 24.8. The summed E-state index contributed by atoms with van der Waals surface area (Å²) in [5, 5.41) is 26.1. The van der Waals surface area contributed by atoms with Crippen LogP contribution in [0.1, 0.15) is 18.4 Å².